The van der Waals surface area contributed by atoms with E-state index in [0.29, 0.717) is 54.5 Å². The number of hydrogen-bond acceptors (Lipinski definition) is 10. The summed E-state index contributed by atoms with van der Waals surface area (Å²) in [5, 5.41) is 15.8. The molecule has 182 valence electrons. The molecule has 0 N–H and O–H groups in total. The number of anilines is 1. The van der Waals surface area contributed by atoms with Gasteiger partial charge in [0.1, 0.15) is 12.1 Å². The van der Waals surface area contributed by atoms with Crippen LogP contribution in [0.25, 0.3) is 0 Å². The van der Waals surface area contributed by atoms with E-state index in [1.807, 2.05) is 11.0 Å². The number of nitro groups is 1. The van der Waals surface area contributed by atoms with E-state index in [1.165, 1.54) is 6.33 Å². The number of nitrogens with zero attached hydrogens (tertiary/aromatic N) is 6. The first-order valence-corrected chi connectivity index (χ1v) is 11.4. The van der Waals surface area contributed by atoms with E-state index < -0.39 is 4.92 Å². The first kappa shape index (κ1) is 23.1. The normalized spacial score (nSPS) is 14.0. The molecule has 1 aliphatic rings. The average molecular weight is 486 g/mol. The summed E-state index contributed by atoms with van der Waals surface area (Å²) in [6, 6.07) is 15.3. The van der Waals surface area contributed by atoms with E-state index in [2.05, 4.69) is 20.1 Å². The Morgan fingerprint density at radius 3 is 2.39 bits per heavy atom. The van der Waals surface area contributed by atoms with E-state index in [9.17, 15) is 14.9 Å². The number of aryl methyl sites for hydroxylation is 1. The number of benzene rings is 2. The standard InChI is InChI=1S/C25H22N6O5/c1-16-28-24(36-29-16)19-11-13-30(14-12-19)23-21(31(33)34)25(27-15-26-23)35-20-9-7-18(8-10-20)22(32)17-5-3-2-4-6-17/h2-10,15,19H,11-14H2,1H3. The van der Waals surface area contributed by atoms with Crippen molar-refractivity contribution in [3.05, 3.63) is 93.9 Å². The van der Waals surface area contributed by atoms with Gasteiger partial charge in [-0.2, -0.15) is 9.97 Å². The highest BCUT2D eigenvalue weighted by molar-refractivity contribution is 6.08. The Hall–Kier alpha value is -4.67. The third kappa shape index (κ3) is 4.76. The highest BCUT2D eigenvalue weighted by Crippen LogP contribution is 2.38. The van der Waals surface area contributed by atoms with Gasteiger partial charge in [-0.25, -0.2) is 4.98 Å². The predicted octanol–water partition coefficient (Wildman–Crippen LogP) is 4.48. The highest BCUT2D eigenvalue weighted by atomic mass is 16.6. The van der Waals surface area contributed by atoms with Gasteiger partial charge in [0.25, 0.3) is 0 Å². The Morgan fingerprint density at radius 1 is 1.06 bits per heavy atom. The molecule has 0 radical (unpaired) electrons. The fraction of sp³-hybridized carbons (Fsp3) is 0.240. The van der Waals surface area contributed by atoms with Crippen molar-refractivity contribution in [1.82, 2.24) is 20.1 Å². The number of piperidine rings is 1. The molecule has 0 unspecified atom stereocenters. The number of aromatic nitrogens is 4. The molecule has 3 heterocycles. The highest BCUT2D eigenvalue weighted by Gasteiger charge is 2.32. The van der Waals surface area contributed by atoms with Gasteiger partial charge in [-0.05, 0) is 44.0 Å². The van der Waals surface area contributed by atoms with Gasteiger partial charge < -0.3 is 14.2 Å². The van der Waals surface area contributed by atoms with Crippen LogP contribution in [0.4, 0.5) is 11.5 Å². The molecule has 0 saturated carbocycles. The number of ketones is 1. The summed E-state index contributed by atoms with van der Waals surface area (Å²) in [6.07, 6.45) is 2.63. The van der Waals surface area contributed by atoms with Gasteiger partial charge in [-0.15, -0.1) is 0 Å². The fourth-order valence-electron chi connectivity index (χ4n) is 4.18. The summed E-state index contributed by atoms with van der Waals surface area (Å²) < 4.78 is 11.1. The van der Waals surface area contributed by atoms with Gasteiger partial charge in [0.05, 0.1) is 4.92 Å². The van der Waals surface area contributed by atoms with Crippen LogP contribution in [-0.4, -0.2) is 43.9 Å². The van der Waals surface area contributed by atoms with Crippen LogP contribution in [0.1, 0.15) is 46.4 Å². The lowest BCUT2D eigenvalue weighted by molar-refractivity contribution is -0.385. The number of hydrogen-bond donors (Lipinski definition) is 0. The van der Waals surface area contributed by atoms with Gasteiger partial charge in [0, 0.05) is 30.1 Å². The number of rotatable bonds is 7. The minimum Gasteiger partial charge on any atom is -0.434 e. The Morgan fingerprint density at radius 2 is 1.75 bits per heavy atom. The van der Waals surface area contributed by atoms with Crippen molar-refractivity contribution >= 4 is 17.3 Å². The minimum absolute atomic E-state index is 0.0937. The lowest BCUT2D eigenvalue weighted by atomic mass is 9.97. The van der Waals surface area contributed by atoms with Crippen LogP contribution in [0.5, 0.6) is 11.6 Å². The smallest absolute Gasteiger partial charge is 0.373 e. The lowest BCUT2D eigenvalue weighted by Crippen LogP contribution is -2.34. The molecule has 0 spiro atoms. The van der Waals surface area contributed by atoms with Crippen LogP contribution in [0.2, 0.25) is 0 Å². The van der Waals surface area contributed by atoms with Gasteiger partial charge in [0.15, 0.2) is 11.6 Å². The van der Waals surface area contributed by atoms with Crippen LogP contribution >= 0.6 is 0 Å². The second-order valence-electron chi connectivity index (χ2n) is 8.37. The SMILES string of the molecule is Cc1noc(C2CCN(c3ncnc(Oc4ccc(C(=O)c5ccccc5)cc4)c3[N+](=O)[O-])CC2)n1. The zero-order valence-corrected chi connectivity index (χ0v) is 19.4. The molecule has 2 aromatic carbocycles. The largest absolute Gasteiger partial charge is 0.434 e. The molecule has 5 rings (SSSR count). The molecule has 0 atom stereocenters. The van der Waals surface area contributed by atoms with Crippen molar-refractivity contribution in [1.29, 1.82) is 0 Å². The number of carbonyl (C=O) groups excluding carboxylic acids is 1. The third-order valence-corrected chi connectivity index (χ3v) is 6.01. The van der Waals surface area contributed by atoms with Crippen LogP contribution in [0.3, 0.4) is 0 Å². The number of ether oxygens (including phenoxy) is 1. The van der Waals surface area contributed by atoms with E-state index in [1.54, 1.807) is 55.5 Å². The minimum atomic E-state index is -0.536. The predicted molar refractivity (Wildman–Crippen MR) is 128 cm³/mol. The van der Waals surface area contributed by atoms with Gasteiger partial charge in [0.2, 0.25) is 11.7 Å². The first-order chi connectivity index (χ1) is 17.5. The van der Waals surface area contributed by atoms with Crippen molar-refractivity contribution < 1.29 is 19.0 Å². The topological polar surface area (TPSA) is 137 Å². The molecule has 0 amide bonds. The van der Waals surface area contributed by atoms with Crippen molar-refractivity contribution in [3.8, 4) is 11.6 Å². The van der Waals surface area contributed by atoms with Crippen molar-refractivity contribution in [2.24, 2.45) is 0 Å². The van der Waals surface area contributed by atoms with E-state index in [-0.39, 0.29) is 29.1 Å². The summed E-state index contributed by atoms with van der Waals surface area (Å²) >= 11 is 0. The van der Waals surface area contributed by atoms with E-state index >= 15 is 0 Å². The Balaban J connectivity index is 1.33. The quantitative estimate of drug-likeness (QED) is 0.209. The molecule has 4 aromatic rings. The number of carbonyl (C=O) groups is 1. The zero-order chi connectivity index (χ0) is 25.1. The fourth-order valence-corrected chi connectivity index (χ4v) is 4.18. The summed E-state index contributed by atoms with van der Waals surface area (Å²) in [6.45, 7) is 2.82. The van der Waals surface area contributed by atoms with Crippen LogP contribution < -0.4 is 9.64 Å². The molecule has 11 nitrogen and oxygen atoms in total. The zero-order valence-electron chi connectivity index (χ0n) is 19.4. The molecule has 0 bridgehead atoms. The van der Waals surface area contributed by atoms with Gasteiger partial charge >= 0.3 is 11.6 Å². The lowest BCUT2D eigenvalue weighted by Gasteiger charge is -2.30. The second-order valence-corrected chi connectivity index (χ2v) is 8.37. The molecule has 1 saturated heterocycles. The molecule has 0 aliphatic carbocycles. The maximum atomic E-state index is 12.6. The molecule has 2 aromatic heterocycles. The average Bonchev–Trinajstić information content (AvgIpc) is 3.35. The van der Waals surface area contributed by atoms with Gasteiger partial charge in [-0.3, -0.25) is 14.9 Å². The van der Waals surface area contributed by atoms with Crippen LogP contribution in [-0.2, 0) is 0 Å². The Labute approximate surface area is 205 Å². The maximum Gasteiger partial charge on any atom is 0.373 e. The monoisotopic (exact) mass is 486 g/mol. The summed E-state index contributed by atoms with van der Waals surface area (Å²) in [5.41, 5.74) is 0.736. The van der Waals surface area contributed by atoms with Crippen molar-refractivity contribution in [2.45, 2.75) is 25.7 Å². The maximum absolute atomic E-state index is 12.6. The van der Waals surface area contributed by atoms with Crippen LogP contribution in [0, 0.1) is 17.0 Å². The molecule has 1 fully saturated rings. The molecular formula is C25H22N6O5. The first-order valence-electron chi connectivity index (χ1n) is 11.4. The molecular weight excluding hydrogens is 464 g/mol. The summed E-state index contributed by atoms with van der Waals surface area (Å²) in [4.78, 5) is 38.5. The van der Waals surface area contributed by atoms with Crippen molar-refractivity contribution in [3.63, 3.8) is 0 Å². The Kier molecular flexibility index (Phi) is 6.35. The van der Waals surface area contributed by atoms with Gasteiger partial charge in [-0.1, -0.05) is 35.5 Å². The van der Waals surface area contributed by atoms with Crippen molar-refractivity contribution in [2.75, 3.05) is 18.0 Å². The summed E-state index contributed by atoms with van der Waals surface area (Å²) in [5.74, 6) is 1.48. The summed E-state index contributed by atoms with van der Waals surface area (Å²) in [7, 11) is 0. The van der Waals surface area contributed by atoms with E-state index in [0.717, 1.165) is 0 Å². The Bertz CT molecular complexity index is 1380. The second kappa shape index (κ2) is 9.90. The molecule has 11 heteroatoms. The van der Waals surface area contributed by atoms with Crippen LogP contribution in [0.15, 0.2) is 65.4 Å². The van der Waals surface area contributed by atoms with E-state index in [4.69, 9.17) is 9.26 Å². The third-order valence-electron chi connectivity index (χ3n) is 6.01. The molecule has 36 heavy (non-hydrogen) atoms. The molecule has 1 aliphatic heterocycles.